The standard InChI is InChI=1S/C45H73N3O10/c1-12-34-17-15-13-14-16-27(4)42(53)44(11,55)43(54)32(9)40(52)31(8)39(51)30(7)38(50)26(3)18-21-37(49)56-41-29(6)35(20-19-34)57-45(33(41)10)23-22-25(2)36(58-45)24-28(5)47-48-46/h13-15,17-18,21,25-36,38,40-42,50,52-53,55H,12,16,19-20,22-24H2,1-11H3/b14-13+,17-15+,21-18+/t25-,26-,27+,28-,29+,30-,31-,32-,33+,34-,35-,36-,38+,40+,41+,42-,44+,45-/m0/s1. The number of hydrogen-bond donors (Lipinski definition) is 4. The highest BCUT2D eigenvalue weighted by Gasteiger charge is 2.56. The number of rotatable bonds is 4. The first-order valence-corrected chi connectivity index (χ1v) is 21.6. The Bertz CT molecular complexity index is 1530. The highest BCUT2D eigenvalue weighted by Crippen LogP contribution is 2.49. The zero-order valence-electron chi connectivity index (χ0n) is 36.7. The van der Waals surface area contributed by atoms with Gasteiger partial charge in [0.1, 0.15) is 17.5 Å². The predicted octanol–water partition coefficient (Wildman–Crippen LogP) is 7.20. The van der Waals surface area contributed by atoms with Gasteiger partial charge in [-0.1, -0.05) is 105 Å². The van der Waals surface area contributed by atoms with Gasteiger partial charge in [-0.15, -0.1) is 0 Å². The number of allylic oxidation sites excluding steroid dienone is 4. The summed E-state index contributed by atoms with van der Waals surface area (Å²) < 4.78 is 20.1. The van der Waals surface area contributed by atoms with Gasteiger partial charge >= 0.3 is 5.97 Å². The molecule has 58 heavy (non-hydrogen) atoms. The maximum absolute atomic E-state index is 13.6. The van der Waals surface area contributed by atoms with Crippen molar-refractivity contribution in [3.8, 4) is 0 Å². The number of carbonyl (C=O) groups is 3. The van der Waals surface area contributed by atoms with Crippen LogP contribution in [0.15, 0.2) is 41.6 Å². The maximum Gasteiger partial charge on any atom is 0.330 e. The van der Waals surface area contributed by atoms with Gasteiger partial charge in [-0.3, -0.25) is 9.59 Å². The van der Waals surface area contributed by atoms with Crippen molar-refractivity contribution in [2.75, 3.05) is 0 Å². The van der Waals surface area contributed by atoms with E-state index in [1.54, 1.807) is 13.8 Å². The first kappa shape index (κ1) is 49.5. The summed E-state index contributed by atoms with van der Waals surface area (Å²) in [5.74, 6) is -7.45. The number of hydrogen-bond acceptors (Lipinski definition) is 11. The van der Waals surface area contributed by atoms with Gasteiger partial charge in [0.05, 0.1) is 30.5 Å². The predicted molar refractivity (Wildman–Crippen MR) is 222 cm³/mol. The minimum Gasteiger partial charge on any atom is -0.458 e. The van der Waals surface area contributed by atoms with Gasteiger partial charge in [-0.25, -0.2) is 4.79 Å². The summed E-state index contributed by atoms with van der Waals surface area (Å²) in [4.78, 5) is 43.6. The van der Waals surface area contributed by atoms with Crippen molar-refractivity contribution in [3.63, 3.8) is 0 Å². The van der Waals surface area contributed by atoms with Crippen molar-refractivity contribution >= 4 is 17.5 Å². The van der Waals surface area contributed by atoms with Crippen LogP contribution in [0.5, 0.6) is 0 Å². The fraction of sp³-hybridized carbons (Fsp3) is 0.800. The average molecular weight is 816 g/mol. The molecule has 0 amide bonds. The SMILES string of the molecule is CC[C@H]1/C=C/C=C/C[C@@H](C)[C@H](O)[C@@](C)(O)C(=O)[C@@H](C)[C@H](O)[C@@H](C)C(=O)[C@@H](C)[C@H](O)[C@@H](C)/C=C/C(=O)O[C@@H]2[C@H](C)[C@H](CC1)O[C@]1(CC[C@H](C)[C@H](C[C@H](C)N=[N+]=[N-])O1)[C@@H]2C. The van der Waals surface area contributed by atoms with Crippen molar-refractivity contribution < 1.29 is 49.0 Å². The molecular formula is C45H73N3O10. The summed E-state index contributed by atoms with van der Waals surface area (Å²) in [6.07, 6.45) is 10.0. The van der Waals surface area contributed by atoms with Crippen LogP contribution in [0.3, 0.4) is 0 Å². The Morgan fingerprint density at radius 1 is 0.897 bits per heavy atom. The van der Waals surface area contributed by atoms with E-state index in [0.29, 0.717) is 25.7 Å². The van der Waals surface area contributed by atoms with Gasteiger partial charge < -0.3 is 34.6 Å². The second kappa shape index (κ2) is 21.6. The molecule has 1 spiro atoms. The second-order valence-corrected chi connectivity index (χ2v) is 18.2. The molecule has 13 heteroatoms. The Hall–Kier alpha value is -2.90. The number of esters is 1. The third kappa shape index (κ3) is 11.9. The van der Waals surface area contributed by atoms with E-state index >= 15 is 0 Å². The third-order valence-corrected chi connectivity index (χ3v) is 13.7. The van der Waals surface area contributed by atoms with Crippen molar-refractivity contribution in [1.82, 2.24) is 0 Å². The van der Waals surface area contributed by atoms with Crippen LogP contribution in [-0.4, -0.2) is 92.0 Å². The number of aliphatic hydroxyl groups excluding tert-OH is 3. The molecule has 328 valence electrons. The van der Waals surface area contributed by atoms with E-state index in [1.807, 2.05) is 39.0 Å². The van der Waals surface area contributed by atoms with Crippen LogP contribution in [0.25, 0.3) is 10.4 Å². The highest BCUT2D eigenvalue weighted by molar-refractivity contribution is 5.91. The molecule has 0 radical (unpaired) electrons. The number of fused-ring (bicyclic) bond motifs is 2. The van der Waals surface area contributed by atoms with Gasteiger partial charge in [-0.05, 0) is 68.7 Å². The van der Waals surface area contributed by atoms with Crippen molar-refractivity contribution in [3.05, 3.63) is 46.9 Å². The van der Waals surface area contributed by atoms with Crippen LogP contribution in [0, 0.1) is 53.3 Å². The second-order valence-electron chi connectivity index (χ2n) is 18.2. The normalized spacial score (nSPS) is 45.4. The Morgan fingerprint density at radius 3 is 2.19 bits per heavy atom. The van der Waals surface area contributed by atoms with E-state index in [1.165, 1.54) is 39.8 Å². The lowest BCUT2D eigenvalue weighted by atomic mass is 9.74. The molecular weight excluding hydrogens is 743 g/mol. The number of ketones is 2. The summed E-state index contributed by atoms with van der Waals surface area (Å²) >= 11 is 0. The minimum atomic E-state index is -2.19. The van der Waals surface area contributed by atoms with Crippen molar-refractivity contribution in [1.29, 1.82) is 0 Å². The number of Topliss-reactive ketones (excluding diaryl/α,β-unsaturated/α-hetero) is 2. The molecule has 4 N–H and O–H groups in total. The molecule has 0 unspecified atom stereocenters. The highest BCUT2D eigenvalue weighted by atomic mass is 16.7. The molecule has 2 fully saturated rings. The third-order valence-electron chi connectivity index (χ3n) is 13.7. The smallest absolute Gasteiger partial charge is 0.330 e. The Morgan fingerprint density at radius 2 is 1.55 bits per heavy atom. The monoisotopic (exact) mass is 816 g/mol. The van der Waals surface area contributed by atoms with Crippen LogP contribution in [0.2, 0.25) is 0 Å². The van der Waals surface area contributed by atoms with E-state index in [2.05, 4.69) is 29.9 Å². The number of nitrogens with zero attached hydrogens (tertiary/aromatic N) is 3. The van der Waals surface area contributed by atoms with Crippen LogP contribution >= 0.6 is 0 Å². The topological polar surface area (TPSA) is 209 Å². The molecule has 0 aliphatic carbocycles. The van der Waals surface area contributed by atoms with E-state index in [4.69, 9.17) is 19.7 Å². The van der Waals surface area contributed by atoms with Gasteiger partial charge in [0.15, 0.2) is 11.6 Å². The molecule has 0 aromatic rings. The lowest BCUT2D eigenvalue weighted by Crippen LogP contribution is -2.62. The summed E-state index contributed by atoms with van der Waals surface area (Å²) in [5, 5.41) is 48.7. The number of ether oxygens (including phenoxy) is 3. The van der Waals surface area contributed by atoms with Crippen LogP contribution in [0.1, 0.15) is 121 Å². The minimum absolute atomic E-state index is 0.186. The van der Waals surface area contributed by atoms with Gasteiger partial charge in [-0.2, -0.15) is 0 Å². The number of carbonyl (C=O) groups excluding carboxylic acids is 3. The quantitative estimate of drug-likeness (QED) is 0.0971. The van der Waals surface area contributed by atoms with Gasteiger partial charge in [0.25, 0.3) is 0 Å². The molecule has 0 aromatic carbocycles. The first-order valence-electron chi connectivity index (χ1n) is 21.6. The number of azide groups is 1. The fourth-order valence-electron chi connectivity index (χ4n) is 9.15. The lowest BCUT2D eigenvalue weighted by Gasteiger charge is -2.55. The van der Waals surface area contributed by atoms with Gasteiger partial charge in [0.2, 0.25) is 0 Å². The molecule has 0 aromatic heterocycles. The zero-order valence-corrected chi connectivity index (χ0v) is 36.7. The maximum atomic E-state index is 13.6. The van der Waals surface area contributed by atoms with Crippen molar-refractivity contribution in [2.45, 2.75) is 175 Å². The summed E-state index contributed by atoms with van der Waals surface area (Å²) in [6, 6.07) is -0.276. The van der Waals surface area contributed by atoms with Crippen LogP contribution < -0.4 is 0 Å². The molecule has 3 heterocycles. The largest absolute Gasteiger partial charge is 0.458 e. The molecule has 2 bridgehead atoms. The molecule has 2 saturated heterocycles. The van der Waals surface area contributed by atoms with Crippen LogP contribution in [0.4, 0.5) is 0 Å². The first-order chi connectivity index (χ1) is 27.1. The Balaban J connectivity index is 2.00. The molecule has 3 aliphatic rings. The summed E-state index contributed by atoms with van der Waals surface area (Å²) in [7, 11) is 0. The molecule has 13 nitrogen and oxygen atoms in total. The molecule has 3 rings (SSSR count). The molecule has 3 aliphatic heterocycles. The van der Waals surface area contributed by atoms with Crippen molar-refractivity contribution in [2.24, 2.45) is 58.4 Å². The Kier molecular flexibility index (Phi) is 18.4. The fourth-order valence-corrected chi connectivity index (χ4v) is 9.15. The average Bonchev–Trinajstić information content (AvgIpc) is 3.19. The van der Waals surface area contributed by atoms with Crippen LogP contribution in [-0.2, 0) is 28.6 Å². The summed E-state index contributed by atoms with van der Waals surface area (Å²) in [6.45, 7) is 19.2. The number of aliphatic hydroxyl groups is 4. The van der Waals surface area contributed by atoms with Gasteiger partial charge in [0, 0.05) is 59.0 Å². The van der Waals surface area contributed by atoms with E-state index in [0.717, 1.165) is 19.3 Å². The van der Waals surface area contributed by atoms with E-state index < -0.39 is 82.9 Å². The van der Waals surface area contributed by atoms with E-state index in [-0.39, 0.29) is 41.9 Å². The summed E-state index contributed by atoms with van der Waals surface area (Å²) in [5.41, 5.74) is 6.87. The zero-order chi connectivity index (χ0) is 43.7. The lowest BCUT2D eigenvalue weighted by molar-refractivity contribution is -0.370. The molecule has 0 saturated carbocycles. The Labute approximate surface area is 346 Å². The van der Waals surface area contributed by atoms with E-state index in [9.17, 15) is 34.8 Å². The molecule has 18 atom stereocenters.